The monoisotopic (exact) mass is 593 g/mol. The predicted octanol–water partition coefficient (Wildman–Crippen LogP) is 5.45. The smallest absolute Gasteiger partial charge is 0.251 e. The van der Waals surface area contributed by atoms with Gasteiger partial charge in [0.2, 0.25) is 5.91 Å². The van der Waals surface area contributed by atoms with Crippen LogP contribution in [0.3, 0.4) is 0 Å². The first-order valence-corrected chi connectivity index (χ1v) is 15.1. The summed E-state index contributed by atoms with van der Waals surface area (Å²) in [5.74, 6) is -1.16. The van der Waals surface area contributed by atoms with Gasteiger partial charge in [-0.3, -0.25) is 14.4 Å². The van der Waals surface area contributed by atoms with Crippen LogP contribution < -0.4 is 16.0 Å². The number of nitrogens with one attached hydrogen (secondary N) is 3. The van der Waals surface area contributed by atoms with Crippen molar-refractivity contribution in [3.8, 4) is 0 Å². The average Bonchev–Trinajstić information content (AvgIpc) is 2.98. The van der Waals surface area contributed by atoms with Crippen molar-refractivity contribution >= 4 is 28.5 Å². The van der Waals surface area contributed by atoms with Crippen LogP contribution in [-0.2, 0) is 17.6 Å². The van der Waals surface area contributed by atoms with Gasteiger partial charge in [-0.05, 0) is 73.2 Å². The van der Waals surface area contributed by atoms with Gasteiger partial charge in [-0.25, -0.2) is 0 Å². The number of carbonyl (C=O) groups excluding carboxylic acids is 3. The minimum Gasteiger partial charge on any atom is -0.391 e. The van der Waals surface area contributed by atoms with E-state index in [1.807, 2.05) is 113 Å². The molecule has 7 heteroatoms. The van der Waals surface area contributed by atoms with Gasteiger partial charge >= 0.3 is 0 Å². The minimum atomic E-state index is -1.01. The molecule has 4 rings (SSSR count). The molecular weight excluding hydrogens is 550 g/mol. The number of aliphatic hydroxyl groups excluding tert-OH is 1. The highest BCUT2D eigenvalue weighted by Crippen LogP contribution is 2.19. The number of amides is 3. The molecule has 0 spiro atoms. The van der Waals surface area contributed by atoms with Gasteiger partial charge in [0.1, 0.15) is 6.04 Å². The Morgan fingerprint density at radius 3 is 2.05 bits per heavy atom. The Balaban J connectivity index is 1.54. The van der Waals surface area contributed by atoms with Gasteiger partial charge in [0.05, 0.1) is 12.1 Å². The Labute approximate surface area is 260 Å². The fraction of sp³-hybridized carbons (Fsp3) is 0.324. The van der Waals surface area contributed by atoms with E-state index < -0.39 is 23.7 Å². The summed E-state index contributed by atoms with van der Waals surface area (Å²) < 4.78 is 0. The number of benzene rings is 4. The number of fused-ring (bicyclic) bond motifs is 1. The van der Waals surface area contributed by atoms with Crippen LogP contribution in [0.25, 0.3) is 10.8 Å². The molecule has 0 unspecified atom stereocenters. The van der Waals surface area contributed by atoms with E-state index in [0.717, 1.165) is 16.3 Å². The molecule has 0 bridgehead atoms. The van der Waals surface area contributed by atoms with Crippen molar-refractivity contribution in [1.29, 1.82) is 0 Å². The summed E-state index contributed by atoms with van der Waals surface area (Å²) in [6.45, 7) is 9.49. The second-order valence-electron chi connectivity index (χ2n) is 12.7. The minimum absolute atomic E-state index is 0.154. The van der Waals surface area contributed by atoms with E-state index in [-0.39, 0.29) is 30.1 Å². The summed E-state index contributed by atoms with van der Waals surface area (Å²) in [5, 5.41) is 22.5. The van der Waals surface area contributed by atoms with Crippen molar-refractivity contribution in [2.45, 2.75) is 71.2 Å². The molecule has 0 aliphatic carbocycles. The molecule has 3 amide bonds. The number of hydrogen-bond donors (Lipinski definition) is 4. The molecule has 44 heavy (non-hydrogen) atoms. The van der Waals surface area contributed by atoms with Crippen LogP contribution in [-0.4, -0.2) is 46.6 Å². The average molecular weight is 594 g/mol. The van der Waals surface area contributed by atoms with E-state index in [1.54, 1.807) is 18.2 Å². The standard InChI is InChI=1S/C37H43N3O4/c1-24(2)33(39-34(42)29-20-19-26-15-9-10-16-27(26)22-29)36(44)38-31(21-25-13-7-6-8-14-25)32(41)23-28-17-11-12-18-30(28)35(43)40-37(3,4)5/h6-20,22,24,31-33,41H,21,23H2,1-5H3,(H,38,44)(H,39,42)(H,40,43)/t31-,32+,33-/m0/s1. The molecule has 0 saturated carbocycles. The molecule has 0 aliphatic heterocycles. The fourth-order valence-electron chi connectivity index (χ4n) is 5.21. The molecule has 3 atom stereocenters. The van der Waals surface area contributed by atoms with Crippen molar-refractivity contribution in [1.82, 2.24) is 16.0 Å². The van der Waals surface area contributed by atoms with Crippen LogP contribution in [0.2, 0.25) is 0 Å². The Morgan fingerprint density at radius 2 is 1.36 bits per heavy atom. The van der Waals surface area contributed by atoms with E-state index in [1.165, 1.54) is 0 Å². The summed E-state index contributed by atoms with van der Waals surface area (Å²) in [4.78, 5) is 40.1. The normalized spacial score (nSPS) is 13.6. The first-order valence-electron chi connectivity index (χ1n) is 15.1. The molecule has 4 aromatic rings. The largest absolute Gasteiger partial charge is 0.391 e. The lowest BCUT2D eigenvalue weighted by atomic mass is 9.92. The van der Waals surface area contributed by atoms with E-state index >= 15 is 0 Å². The number of rotatable bonds is 11. The Morgan fingerprint density at radius 1 is 0.727 bits per heavy atom. The van der Waals surface area contributed by atoms with Crippen LogP contribution in [0.4, 0.5) is 0 Å². The van der Waals surface area contributed by atoms with Crippen molar-refractivity contribution < 1.29 is 19.5 Å². The van der Waals surface area contributed by atoms with Gasteiger partial charge < -0.3 is 21.1 Å². The molecule has 0 heterocycles. The molecule has 0 aliphatic rings. The van der Waals surface area contributed by atoms with Gasteiger partial charge in [0.25, 0.3) is 11.8 Å². The van der Waals surface area contributed by atoms with E-state index in [4.69, 9.17) is 0 Å². The van der Waals surface area contributed by atoms with Crippen LogP contribution in [0, 0.1) is 5.92 Å². The SMILES string of the molecule is CC(C)[C@H](NC(=O)c1ccc2ccccc2c1)C(=O)N[C@@H](Cc1ccccc1)[C@H](O)Cc1ccccc1C(=O)NC(C)(C)C. The second-order valence-corrected chi connectivity index (χ2v) is 12.7. The zero-order chi connectivity index (χ0) is 31.9. The lowest BCUT2D eigenvalue weighted by Gasteiger charge is -2.29. The molecule has 4 N–H and O–H groups in total. The van der Waals surface area contributed by atoms with Crippen molar-refractivity contribution in [3.63, 3.8) is 0 Å². The topological polar surface area (TPSA) is 108 Å². The molecular formula is C37H43N3O4. The fourth-order valence-corrected chi connectivity index (χ4v) is 5.21. The summed E-state index contributed by atoms with van der Waals surface area (Å²) in [7, 11) is 0. The van der Waals surface area contributed by atoms with Gasteiger partial charge in [-0.1, -0.05) is 92.7 Å². The quantitative estimate of drug-likeness (QED) is 0.185. The highest BCUT2D eigenvalue weighted by molar-refractivity contribution is 6.01. The van der Waals surface area contributed by atoms with Gasteiger partial charge in [-0.15, -0.1) is 0 Å². The third-order valence-electron chi connectivity index (χ3n) is 7.52. The van der Waals surface area contributed by atoms with Crippen molar-refractivity contribution in [3.05, 3.63) is 119 Å². The summed E-state index contributed by atoms with van der Waals surface area (Å²) in [5.41, 5.74) is 2.15. The van der Waals surface area contributed by atoms with Gasteiger partial charge in [-0.2, -0.15) is 0 Å². The highest BCUT2D eigenvalue weighted by atomic mass is 16.3. The summed E-state index contributed by atoms with van der Waals surface area (Å²) >= 11 is 0. The van der Waals surface area contributed by atoms with Crippen LogP contribution in [0.5, 0.6) is 0 Å². The zero-order valence-electron chi connectivity index (χ0n) is 26.1. The van der Waals surface area contributed by atoms with Crippen molar-refractivity contribution in [2.75, 3.05) is 0 Å². The van der Waals surface area contributed by atoms with E-state index in [0.29, 0.717) is 23.1 Å². The molecule has 0 radical (unpaired) electrons. The Hall–Kier alpha value is -4.49. The second kappa shape index (κ2) is 14.3. The Bertz CT molecular complexity index is 1590. The van der Waals surface area contributed by atoms with Crippen LogP contribution in [0.15, 0.2) is 97.1 Å². The lowest BCUT2D eigenvalue weighted by Crippen LogP contribution is -2.55. The summed E-state index contributed by atoms with van der Waals surface area (Å²) in [6.07, 6.45) is -0.485. The maximum Gasteiger partial charge on any atom is 0.251 e. The number of hydrogen-bond acceptors (Lipinski definition) is 4. The zero-order valence-corrected chi connectivity index (χ0v) is 26.1. The molecule has 4 aromatic carbocycles. The van der Waals surface area contributed by atoms with Gasteiger partial charge in [0, 0.05) is 23.1 Å². The lowest BCUT2D eigenvalue weighted by molar-refractivity contribution is -0.125. The van der Waals surface area contributed by atoms with E-state index in [2.05, 4.69) is 16.0 Å². The molecule has 0 fully saturated rings. The first kappa shape index (κ1) is 32.4. The van der Waals surface area contributed by atoms with Crippen molar-refractivity contribution in [2.24, 2.45) is 5.92 Å². The molecule has 0 saturated heterocycles. The maximum absolute atomic E-state index is 13.8. The van der Waals surface area contributed by atoms with Gasteiger partial charge in [0.15, 0.2) is 0 Å². The molecule has 230 valence electrons. The molecule has 7 nitrogen and oxygen atoms in total. The van der Waals surface area contributed by atoms with E-state index in [9.17, 15) is 19.5 Å². The van der Waals surface area contributed by atoms with Crippen LogP contribution >= 0.6 is 0 Å². The summed E-state index contributed by atoms with van der Waals surface area (Å²) in [6, 6.07) is 28.5. The Kier molecular flexibility index (Phi) is 10.6. The first-order chi connectivity index (χ1) is 20.9. The number of carbonyl (C=O) groups is 3. The van der Waals surface area contributed by atoms with Crippen LogP contribution in [0.1, 0.15) is 66.5 Å². The maximum atomic E-state index is 13.8. The predicted molar refractivity (Wildman–Crippen MR) is 175 cm³/mol. The molecule has 0 aromatic heterocycles. The third-order valence-corrected chi connectivity index (χ3v) is 7.52. The highest BCUT2D eigenvalue weighted by Gasteiger charge is 2.30. The number of aliphatic hydroxyl groups is 1. The third kappa shape index (κ3) is 8.77.